The molecule has 1 aliphatic carbocycles. The average Bonchev–Trinajstić information content (AvgIpc) is 2.33. The van der Waals surface area contributed by atoms with Crippen molar-refractivity contribution in [3.05, 3.63) is 17.4 Å². The first-order chi connectivity index (χ1) is 4.75. The van der Waals surface area contributed by atoms with E-state index >= 15 is 0 Å². The molecule has 0 aromatic rings. The maximum absolute atomic E-state index is 10.7. The Morgan fingerprint density at radius 3 is 2.90 bits per heavy atom. The van der Waals surface area contributed by atoms with E-state index in [4.69, 9.17) is 5.84 Å². The van der Waals surface area contributed by atoms with E-state index in [-0.39, 0.29) is 6.04 Å². The standard InChI is InChI=1S/C7H13N2O/c1-2-6-4-3-5-7(6)9(8)10/h3-4,6-7H,2,5,8H2,1H3/q-1/t6-,7?/m0/s1. The van der Waals surface area contributed by atoms with E-state index in [0.29, 0.717) is 11.1 Å². The highest BCUT2D eigenvalue weighted by Crippen LogP contribution is 2.23. The lowest BCUT2D eigenvalue weighted by molar-refractivity contribution is 0.241. The fourth-order valence-corrected chi connectivity index (χ4v) is 1.40. The van der Waals surface area contributed by atoms with Crippen LogP contribution in [0.4, 0.5) is 0 Å². The predicted molar refractivity (Wildman–Crippen MR) is 40.7 cm³/mol. The molecule has 1 rings (SSSR count). The van der Waals surface area contributed by atoms with Gasteiger partial charge in [0.15, 0.2) is 0 Å². The lowest BCUT2D eigenvalue weighted by Crippen LogP contribution is -2.38. The number of nitrogens with two attached hydrogens (primary N) is 1. The third-order valence-electron chi connectivity index (χ3n) is 2.05. The van der Waals surface area contributed by atoms with E-state index in [1.165, 1.54) is 0 Å². The zero-order valence-electron chi connectivity index (χ0n) is 6.16. The van der Waals surface area contributed by atoms with Gasteiger partial charge in [-0.05, 0) is 18.8 Å². The Hall–Kier alpha value is -0.380. The molecule has 2 atom stereocenters. The number of hydrogen-bond donors (Lipinski definition) is 1. The summed E-state index contributed by atoms with van der Waals surface area (Å²) in [6, 6.07) is -0.00926. The molecule has 0 saturated carbocycles. The summed E-state index contributed by atoms with van der Waals surface area (Å²) >= 11 is 0. The molecular formula is C7H13N2O-. The molecule has 1 unspecified atom stereocenters. The number of hydroxylamine groups is 1. The van der Waals surface area contributed by atoms with Crippen LogP contribution in [0.3, 0.4) is 0 Å². The van der Waals surface area contributed by atoms with Gasteiger partial charge in [-0.2, -0.15) is 0 Å². The minimum Gasteiger partial charge on any atom is -0.772 e. The molecule has 0 spiro atoms. The monoisotopic (exact) mass is 141 g/mol. The van der Waals surface area contributed by atoms with Gasteiger partial charge in [0, 0.05) is 6.04 Å². The molecule has 0 aromatic carbocycles. The van der Waals surface area contributed by atoms with Crippen LogP contribution in [-0.2, 0) is 0 Å². The topological polar surface area (TPSA) is 52.3 Å². The highest BCUT2D eigenvalue weighted by atomic mass is 16.5. The quantitative estimate of drug-likeness (QED) is 0.355. The minimum atomic E-state index is -0.00926. The molecule has 0 fully saturated rings. The van der Waals surface area contributed by atoms with Crippen LogP contribution in [0.5, 0.6) is 0 Å². The Morgan fingerprint density at radius 2 is 2.50 bits per heavy atom. The second-order valence-corrected chi connectivity index (χ2v) is 2.66. The van der Waals surface area contributed by atoms with Crippen molar-refractivity contribution < 1.29 is 0 Å². The first-order valence-corrected chi connectivity index (χ1v) is 3.63. The summed E-state index contributed by atoms with van der Waals surface area (Å²) in [6.07, 6.45) is 5.90. The molecule has 0 radical (unpaired) electrons. The first-order valence-electron chi connectivity index (χ1n) is 3.63. The number of rotatable bonds is 2. The van der Waals surface area contributed by atoms with Crippen LogP contribution in [0, 0.1) is 11.1 Å². The lowest BCUT2D eigenvalue weighted by atomic mass is 10.0. The summed E-state index contributed by atoms with van der Waals surface area (Å²) in [6.45, 7) is 2.07. The van der Waals surface area contributed by atoms with E-state index in [1.807, 2.05) is 6.08 Å². The van der Waals surface area contributed by atoms with Crippen molar-refractivity contribution in [1.29, 1.82) is 0 Å². The van der Waals surface area contributed by atoms with Crippen molar-refractivity contribution in [3.8, 4) is 0 Å². The maximum atomic E-state index is 10.7. The number of nitrogens with zero attached hydrogens (tertiary/aromatic N) is 1. The van der Waals surface area contributed by atoms with Crippen LogP contribution in [0.2, 0.25) is 0 Å². The van der Waals surface area contributed by atoms with E-state index in [9.17, 15) is 5.21 Å². The van der Waals surface area contributed by atoms with Gasteiger partial charge in [0.1, 0.15) is 0 Å². The SMILES string of the molecule is CC[C@H]1C=CCC1N(N)[O-]. The molecule has 58 valence electrons. The first kappa shape index (κ1) is 7.72. The zero-order valence-corrected chi connectivity index (χ0v) is 6.16. The molecule has 0 aromatic heterocycles. The molecule has 0 bridgehead atoms. The van der Waals surface area contributed by atoms with Crippen LogP contribution in [-0.4, -0.2) is 11.2 Å². The highest BCUT2D eigenvalue weighted by molar-refractivity contribution is 5.04. The fraction of sp³-hybridized carbons (Fsp3) is 0.714. The highest BCUT2D eigenvalue weighted by Gasteiger charge is 2.20. The summed E-state index contributed by atoms with van der Waals surface area (Å²) in [5, 5.41) is 11.2. The van der Waals surface area contributed by atoms with Gasteiger partial charge in [-0.25, -0.2) is 0 Å². The van der Waals surface area contributed by atoms with Gasteiger partial charge in [-0.15, -0.1) is 0 Å². The van der Waals surface area contributed by atoms with E-state index in [1.54, 1.807) is 0 Å². The molecular weight excluding hydrogens is 128 g/mol. The number of hydrogen-bond acceptors (Lipinski definition) is 3. The largest absolute Gasteiger partial charge is 0.772 e. The molecule has 3 nitrogen and oxygen atoms in total. The molecule has 0 heterocycles. The fourth-order valence-electron chi connectivity index (χ4n) is 1.40. The Balaban J connectivity index is 2.47. The van der Waals surface area contributed by atoms with E-state index in [0.717, 1.165) is 12.8 Å². The van der Waals surface area contributed by atoms with Gasteiger partial charge >= 0.3 is 0 Å². The Labute approximate surface area is 61.1 Å². The van der Waals surface area contributed by atoms with Gasteiger partial charge in [-0.1, -0.05) is 19.1 Å². The van der Waals surface area contributed by atoms with Gasteiger partial charge < -0.3 is 10.4 Å². The smallest absolute Gasteiger partial charge is 0.0202 e. The third-order valence-corrected chi connectivity index (χ3v) is 2.05. The van der Waals surface area contributed by atoms with Crippen LogP contribution >= 0.6 is 0 Å². The average molecular weight is 141 g/mol. The van der Waals surface area contributed by atoms with Gasteiger partial charge in [0.05, 0.1) is 0 Å². The molecule has 0 amide bonds. The molecule has 0 aliphatic heterocycles. The Bertz CT molecular complexity index is 134. The predicted octanol–water partition coefficient (Wildman–Crippen LogP) is 1.01. The van der Waals surface area contributed by atoms with Gasteiger partial charge in [-0.3, -0.25) is 5.84 Å². The molecule has 10 heavy (non-hydrogen) atoms. The summed E-state index contributed by atoms with van der Waals surface area (Å²) < 4.78 is 0. The maximum Gasteiger partial charge on any atom is 0.0202 e. The van der Waals surface area contributed by atoms with Gasteiger partial charge in [0.2, 0.25) is 0 Å². The van der Waals surface area contributed by atoms with Crippen LogP contribution in [0.25, 0.3) is 0 Å². The third kappa shape index (κ3) is 1.37. The Morgan fingerprint density at radius 1 is 1.80 bits per heavy atom. The zero-order chi connectivity index (χ0) is 7.56. The van der Waals surface area contributed by atoms with Crippen molar-refractivity contribution >= 4 is 0 Å². The van der Waals surface area contributed by atoms with Gasteiger partial charge in [0.25, 0.3) is 0 Å². The van der Waals surface area contributed by atoms with Crippen LogP contribution in [0.1, 0.15) is 19.8 Å². The van der Waals surface area contributed by atoms with Crippen molar-refractivity contribution in [2.45, 2.75) is 25.8 Å². The molecule has 2 N–H and O–H groups in total. The van der Waals surface area contributed by atoms with Crippen LogP contribution in [0.15, 0.2) is 12.2 Å². The minimum absolute atomic E-state index is 0.00926. The summed E-state index contributed by atoms with van der Waals surface area (Å²) in [4.78, 5) is 0. The molecule has 0 saturated heterocycles. The summed E-state index contributed by atoms with van der Waals surface area (Å²) in [5.41, 5.74) is 0. The van der Waals surface area contributed by atoms with Crippen molar-refractivity contribution in [3.63, 3.8) is 0 Å². The summed E-state index contributed by atoms with van der Waals surface area (Å²) in [7, 11) is 0. The molecule has 1 aliphatic rings. The normalized spacial score (nSPS) is 32.0. The number of hydrazine groups is 1. The Kier molecular flexibility index (Phi) is 2.43. The second-order valence-electron chi connectivity index (χ2n) is 2.66. The van der Waals surface area contributed by atoms with E-state index < -0.39 is 0 Å². The lowest BCUT2D eigenvalue weighted by Gasteiger charge is -2.33. The van der Waals surface area contributed by atoms with Crippen molar-refractivity contribution in [2.24, 2.45) is 11.8 Å². The summed E-state index contributed by atoms with van der Waals surface area (Å²) in [5.74, 6) is 5.46. The van der Waals surface area contributed by atoms with Crippen molar-refractivity contribution in [1.82, 2.24) is 5.17 Å². The van der Waals surface area contributed by atoms with Crippen molar-refractivity contribution in [2.75, 3.05) is 0 Å². The van der Waals surface area contributed by atoms with E-state index in [2.05, 4.69) is 13.0 Å². The second kappa shape index (κ2) is 3.14. The van der Waals surface area contributed by atoms with Crippen LogP contribution < -0.4 is 5.84 Å². The molecule has 3 heteroatoms.